The van der Waals surface area contributed by atoms with Gasteiger partial charge in [0.15, 0.2) is 0 Å². The molecule has 0 radical (unpaired) electrons. The summed E-state index contributed by atoms with van der Waals surface area (Å²) in [6.07, 6.45) is 10.9. The highest BCUT2D eigenvalue weighted by atomic mass is 16.6. The van der Waals surface area contributed by atoms with Crippen LogP contribution in [0.3, 0.4) is 0 Å². The number of rotatable bonds is 15. The fourth-order valence-corrected chi connectivity index (χ4v) is 5.88. The van der Waals surface area contributed by atoms with E-state index >= 15 is 0 Å². The minimum atomic E-state index is -0.903. The van der Waals surface area contributed by atoms with Gasteiger partial charge in [-0.3, -0.25) is 0 Å². The quantitative estimate of drug-likeness (QED) is 0.108. The lowest BCUT2D eigenvalue weighted by Gasteiger charge is -2.36. The highest BCUT2D eigenvalue weighted by Crippen LogP contribution is 2.37. The van der Waals surface area contributed by atoms with E-state index in [0.717, 1.165) is 42.2 Å². The van der Waals surface area contributed by atoms with Crippen molar-refractivity contribution in [3.8, 4) is 0 Å². The Morgan fingerprint density at radius 2 is 1.60 bits per heavy atom. The van der Waals surface area contributed by atoms with Gasteiger partial charge in [-0.1, -0.05) is 16.8 Å². The van der Waals surface area contributed by atoms with Gasteiger partial charge in [0.2, 0.25) is 0 Å². The molecule has 3 rings (SSSR count). The number of carbonyl (C=O) groups excluding carboxylic acids is 2. The van der Waals surface area contributed by atoms with Gasteiger partial charge in [-0.2, -0.15) is 4.91 Å². The maximum Gasteiger partial charge on any atom is 0.410 e. The van der Waals surface area contributed by atoms with Crippen molar-refractivity contribution < 1.29 is 23.7 Å². The van der Waals surface area contributed by atoms with E-state index in [1.165, 1.54) is 5.57 Å². The van der Waals surface area contributed by atoms with Crippen LogP contribution in [-0.4, -0.2) is 92.5 Å². The number of allylic oxidation sites excluding steroid dienone is 1. The molecule has 0 spiro atoms. The molecule has 12 nitrogen and oxygen atoms in total. The van der Waals surface area contributed by atoms with Crippen LogP contribution >= 0.6 is 0 Å². The Morgan fingerprint density at radius 3 is 2.20 bits per heavy atom. The van der Waals surface area contributed by atoms with Crippen molar-refractivity contribution in [2.75, 3.05) is 26.2 Å². The number of aromatic nitrogens is 3. The molecule has 0 aromatic carbocycles. The molecule has 1 aliphatic carbocycles. The maximum absolute atomic E-state index is 13.5. The lowest BCUT2D eigenvalue weighted by molar-refractivity contribution is 0.0186. The topological polar surface area (TPSA) is 128 Å². The summed E-state index contributed by atoms with van der Waals surface area (Å²) >= 11 is 0. The van der Waals surface area contributed by atoms with Gasteiger partial charge >= 0.3 is 19.7 Å². The second kappa shape index (κ2) is 16.7. The number of nitrogens with zero attached hydrogens (tertiary/aromatic N) is 6. The SMILES string of the molecule is C/C=C(\C)CCN(CCCN(C[C@@H]1CC[C@H](n2cc(BOC(C)(C)C(C)(C)N=O)c3cncnc32)C1)C(=O)OC(C)(C)C)C(=O)OC(C)(C)C. The number of ether oxygens (including phenoxy) is 2. The molecule has 2 aromatic heterocycles. The van der Waals surface area contributed by atoms with Crippen LogP contribution < -0.4 is 5.46 Å². The Morgan fingerprint density at radius 1 is 0.980 bits per heavy atom. The number of amides is 2. The Bertz CT molecular complexity index is 1490. The monoisotopic (exact) mass is 696 g/mol. The minimum absolute atomic E-state index is 0.185. The first kappa shape index (κ1) is 41.0. The number of carbonyl (C=O) groups is 2. The largest absolute Gasteiger partial charge is 0.444 e. The van der Waals surface area contributed by atoms with E-state index in [0.29, 0.717) is 40.1 Å². The molecule has 0 aliphatic heterocycles. The third-order valence-electron chi connectivity index (χ3n) is 9.68. The summed E-state index contributed by atoms with van der Waals surface area (Å²) < 4.78 is 20.0. The fourth-order valence-electron chi connectivity index (χ4n) is 5.88. The fraction of sp³-hybridized carbons (Fsp3) is 0.730. The van der Waals surface area contributed by atoms with Crippen molar-refractivity contribution in [2.45, 2.75) is 144 Å². The molecule has 2 atom stereocenters. The maximum atomic E-state index is 13.5. The first-order valence-electron chi connectivity index (χ1n) is 18.0. The number of hydrogen-bond acceptors (Lipinski definition) is 9. The van der Waals surface area contributed by atoms with Crippen LogP contribution in [0.2, 0.25) is 0 Å². The van der Waals surface area contributed by atoms with E-state index in [4.69, 9.17) is 14.1 Å². The van der Waals surface area contributed by atoms with Crippen molar-refractivity contribution in [3.63, 3.8) is 0 Å². The second-order valence-corrected chi connectivity index (χ2v) is 16.7. The van der Waals surface area contributed by atoms with E-state index < -0.39 is 22.3 Å². The normalized spacial score (nSPS) is 17.5. The third kappa shape index (κ3) is 11.5. The molecule has 1 saturated carbocycles. The minimum Gasteiger partial charge on any atom is -0.444 e. The number of hydrogen-bond donors (Lipinski definition) is 0. The summed E-state index contributed by atoms with van der Waals surface area (Å²) in [7, 11) is 0.292. The standard InChI is InChI=1S/C37H61BN6O6/c1-13-26(2)17-20-42(32(45)48-34(3,4)5)18-14-19-43(33(46)49-35(6,7)8)23-27-15-16-28(21-27)44-24-30(29-22-39-25-40-31(29)44)38-50-37(11,12)36(9,10)41-47/h13,22,24-25,27-28,38H,14-21,23H2,1-12H3/b26-13+/t27-,28+/m1/s1. The van der Waals surface area contributed by atoms with Gasteiger partial charge in [-0.25, -0.2) is 19.6 Å². The molecular weight excluding hydrogens is 635 g/mol. The molecule has 50 heavy (non-hydrogen) atoms. The molecule has 0 N–H and O–H groups in total. The average molecular weight is 697 g/mol. The van der Waals surface area contributed by atoms with Crippen molar-refractivity contribution >= 4 is 36.2 Å². The van der Waals surface area contributed by atoms with Crippen molar-refractivity contribution in [1.29, 1.82) is 0 Å². The molecule has 1 fully saturated rings. The van der Waals surface area contributed by atoms with Crippen LogP contribution in [0.4, 0.5) is 9.59 Å². The van der Waals surface area contributed by atoms with Crippen LogP contribution in [0.1, 0.15) is 121 Å². The Hall–Kier alpha value is -3.48. The van der Waals surface area contributed by atoms with Gasteiger partial charge in [0, 0.05) is 50.0 Å². The Labute approximate surface area is 299 Å². The first-order chi connectivity index (χ1) is 23.2. The molecule has 0 saturated heterocycles. The average Bonchev–Trinajstić information content (AvgIpc) is 3.63. The molecule has 13 heteroatoms. The first-order valence-corrected chi connectivity index (χ1v) is 18.0. The summed E-state index contributed by atoms with van der Waals surface area (Å²) in [5, 5.41) is 4.21. The predicted octanol–water partition coefficient (Wildman–Crippen LogP) is 7.31. The summed E-state index contributed by atoms with van der Waals surface area (Å²) in [4.78, 5) is 50.6. The van der Waals surface area contributed by atoms with Gasteiger partial charge in [0.25, 0.3) is 0 Å². The molecule has 2 amide bonds. The van der Waals surface area contributed by atoms with Crippen LogP contribution in [0.25, 0.3) is 11.0 Å². The van der Waals surface area contributed by atoms with E-state index in [2.05, 4.69) is 38.9 Å². The molecule has 0 unspecified atom stereocenters. The number of nitroso groups, excluding NO2 is 1. The highest BCUT2D eigenvalue weighted by Gasteiger charge is 2.40. The Balaban J connectivity index is 1.74. The summed E-state index contributed by atoms with van der Waals surface area (Å²) in [6.45, 7) is 24.6. The molecule has 278 valence electrons. The van der Waals surface area contributed by atoms with E-state index in [9.17, 15) is 14.5 Å². The van der Waals surface area contributed by atoms with E-state index in [1.807, 2.05) is 73.4 Å². The number of fused-ring (bicyclic) bond motifs is 1. The summed E-state index contributed by atoms with van der Waals surface area (Å²) in [6, 6.07) is 0.185. The van der Waals surface area contributed by atoms with E-state index in [-0.39, 0.29) is 24.1 Å². The van der Waals surface area contributed by atoms with Crippen LogP contribution in [0.5, 0.6) is 0 Å². The molecule has 2 aromatic rings. The van der Waals surface area contributed by atoms with Crippen LogP contribution in [0.15, 0.2) is 35.5 Å². The van der Waals surface area contributed by atoms with Crippen molar-refractivity contribution in [3.05, 3.63) is 35.3 Å². The predicted molar refractivity (Wildman–Crippen MR) is 200 cm³/mol. The molecular formula is C37H61BN6O6. The zero-order valence-corrected chi connectivity index (χ0v) is 32.7. The summed E-state index contributed by atoms with van der Waals surface area (Å²) in [5.41, 5.74) is 0.0849. The van der Waals surface area contributed by atoms with Gasteiger partial charge in [-0.05, 0) is 127 Å². The molecule has 1 aliphatic rings. The summed E-state index contributed by atoms with van der Waals surface area (Å²) in [5.74, 6) is 0.254. The molecule has 0 bridgehead atoms. The van der Waals surface area contributed by atoms with Crippen LogP contribution in [0, 0.1) is 10.8 Å². The highest BCUT2D eigenvalue weighted by molar-refractivity contribution is 6.51. The lowest BCUT2D eigenvalue weighted by Crippen LogP contribution is -2.47. The van der Waals surface area contributed by atoms with Gasteiger partial charge < -0.3 is 28.5 Å². The van der Waals surface area contributed by atoms with Crippen LogP contribution in [-0.2, 0) is 14.1 Å². The zero-order chi connectivity index (χ0) is 37.5. The second-order valence-electron chi connectivity index (χ2n) is 16.7. The smallest absolute Gasteiger partial charge is 0.410 e. The Kier molecular flexibility index (Phi) is 13.7. The van der Waals surface area contributed by atoms with E-state index in [1.54, 1.807) is 25.1 Å². The van der Waals surface area contributed by atoms with Crippen molar-refractivity contribution in [1.82, 2.24) is 24.3 Å². The van der Waals surface area contributed by atoms with Gasteiger partial charge in [-0.15, -0.1) is 0 Å². The zero-order valence-electron chi connectivity index (χ0n) is 32.7. The van der Waals surface area contributed by atoms with Gasteiger partial charge in [0.05, 0.1) is 5.60 Å². The molecule has 2 heterocycles. The third-order valence-corrected chi connectivity index (χ3v) is 9.68. The van der Waals surface area contributed by atoms with Gasteiger partial charge in [0.1, 0.15) is 28.7 Å². The lowest BCUT2D eigenvalue weighted by atomic mass is 9.81. The van der Waals surface area contributed by atoms with Crippen molar-refractivity contribution in [2.24, 2.45) is 11.1 Å².